The third-order valence-corrected chi connectivity index (χ3v) is 0.302. The highest BCUT2D eigenvalue weighted by atomic mass is 32.1. The van der Waals surface area contributed by atoms with Crippen LogP contribution in [-0.4, -0.2) is 11.3 Å². The summed E-state index contributed by atoms with van der Waals surface area (Å²) in [7, 11) is 0. The SMILES string of the molecule is NC(=O)[C]=S. The van der Waals surface area contributed by atoms with Crippen molar-refractivity contribution in [2.24, 2.45) is 5.73 Å². The first-order valence-corrected chi connectivity index (χ1v) is 1.36. The summed E-state index contributed by atoms with van der Waals surface area (Å²) in [4.78, 5) is 9.38. The molecule has 0 fully saturated rings. The topological polar surface area (TPSA) is 43.1 Å². The first-order chi connectivity index (χ1) is 2.27. The van der Waals surface area contributed by atoms with Crippen LogP contribution in [0, 0.1) is 0 Å². The Morgan fingerprint density at radius 1 is 2.00 bits per heavy atom. The molecular weight excluding hydrogens is 86.1 g/mol. The minimum atomic E-state index is -0.681. The highest BCUT2D eigenvalue weighted by molar-refractivity contribution is 7.80. The maximum atomic E-state index is 9.38. The smallest absolute Gasteiger partial charge is 0.261 e. The Labute approximate surface area is 35.0 Å². The Balaban J connectivity index is 3.20. The van der Waals surface area contributed by atoms with Gasteiger partial charge in [-0.3, -0.25) is 4.79 Å². The second-order valence-electron chi connectivity index (χ2n) is 0.466. The molecule has 0 saturated carbocycles. The first-order valence-electron chi connectivity index (χ1n) is 0.947. The molecule has 1 radical (unpaired) electrons. The fourth-order valence-corrected chi connectivity index (χ4v) is 0. The van der Waals surface area contributed by atoms with Crippen molar-refractivity contribution in [2.45, 2.75) is 0 Å². The molecule has 2 N–H and O–H groups in total. The summed E-state index contributed by atoms with van der Waals surface area (Å²) in [6.07, 6.45) is 0. The van der Waals surface area contributed by atoms with E-state index in [1.165, 1.54) is 0 Å². The summed E-state index contributed by atoms with van der Waals surface area (Å²) in [6, 6.07) is 0. The van der Waals surface area contributed by atoms with Crippen molar-refractivity contribution in [1.29, 1.82) is 0 Å². The number of carbonyl (C=O) groups excluding carboxylic acids is 1. The molecule has 27 valence electrons. The van der Waals surface area contributed by atoms with E-state index in [0.717, 1.165) is 0 Å². The second kappa shape index (κ2) is 1.84. The number of thiocarbonyl (C=S) groups is 1. The molecule has 0 rings (SSSR count). The summed E-state index contributed by atoms with van der Waals surface area (Å²) in [5, 5.41) is 1.75. The van der Waals surface area contributed by atoms with Crippen LogP contribution in [0.25, 0.3) is 0 Å². The monoisotopic (exact) mass is 88.0 g/mol. The molecule has 2 nitrogen and oxygen atoms in total. The average Bonchev–Trinajstić information content (AvgIpc) is 1.38. The zero-order valence-electron chi connectivity index (χ0n) is 2.39. The van der Waals surface area contributed by atoms with Crippen LogP contribution in [0.1, 0.15) is 0 Å². The second-order valence-corrected chi connectivity index (χ2v) is 0.670. The van der Waals surface area contributed by atoms with Gasteiger partial charge in [0.15, 0.2) is 0 Å². The average molecular weight is 88.1 g/mol. The van der Waals surface area contributed by atoms with Gasteiger partial charge in [-0.15, -0.1) is 0 Å². The van der Waals surface area contributed by atoms with Gasteiger partial charge < -0.3 is 5.73 Å². The molecule has 3 heteroatoms. The minimum Gasteiger partial charge on any atom is -0.365 e. The number of carbonyl (C=O) groups is 1. The maximum Gasteiger partial charge on any atom is 0.261 e. The molecule has 0 unspecified atom stereocenters. The van der Waals surface area contributed by atoms with Crippen molar-refractivity contribution in [1.82, 2.24) is 0 Å². The van der Waals surface area contributed by atoms with Gasteiger partial charge >= 0.3 is 0 Å². The molecule has 0 aromatic rings. The molecule has 0 aliphatic heterocycles. The highest BCUT2D eigenvalue weighted by Gasteiger charge is 1.74. The molecule has 5 heavy (non-hydrogen) atoms. The van der Waals surface area contributed by atoms with Crippen LogP contribution in [-0.2, 0) is 4.79 Å². The van der Waals surface area contributed by atoms with E-state index in [1.807, 2.05) is 0 Å². The van der Waals surface area contributed by atoms with Crippen molar-refractivity contribution in [3.8, 4) is 0 Å². The van der Waals surface area contributed by atoms with Crippen molar-refractivity contribution >= 4 is 23.5 Å². The molecule has 0 saturated heterocycles. The Morgan fingerprint density at radius 3 is 2.20 bits per heavy atom. The molecule has 1 amide bonds. The lowest BCUT2D eigenvalue weighted by atomic mass is 10.8. The Bertz CT molecular complexity index is 60.7. The van der Waals surface area contributed by atoms with E-state index in [4.69, 9.17) is 0 Å². The molecule has 0 aromatic carbocycles. The number of rotatable bonds is 1. The highest BCUT2D eigenvalue weighted by Crippen LogP contribution is 1.42. The zero-order valence-corrected chi connectivity index (χ0v) is 3.21. The maximum absolute atomic E-state index is 9.38. The molecule has 0 spiro atoms. The quantitative estimate of drug-likeness (QED) is 0.433. The van der Waals surface area contributed by atoms with Gasteiger partial charge in [-0.1, -0.05) is 12.2 Å². The van der Waals surface area contributed by atoms with Crippen molar-refractivity contribution in [3.05, 3.63) is 0 Å². The third kappa shape index (κ3) is 3.56. The van der Waals surface area contributed by atoms with Gasteiger partial charge in [-0.25, -0.2) is 0 Å². The normalized spacial score (nSPS) is 6.40. The summed E-state index contributed by atoms with van der Waals surface area (Å²) >= 11 is 3.95. The number of primary amides is 1. The summed E-state index contributed by atoms with van der Waals surface area (Å²) in [6.45, 7) is 0. The van der Waals surface area contributed by atoms with Gasteiger partial charge in [0.05, 0.1) is 0 Å². The largest absolute Gasteiger partial charge is 0.365 e. The Kier molecular flexibility index (Phi) is 1.68. The lowest BCUT2D eigenvalue weighted by Gasteiger charge is -1.61. The lowest BCUT2D eigenvalue weighted by molar-refractivity contribution is -0.111. The van der Waals surface area contributed by atoms with E-state index in [2.05, 4.69) is 18.0 Å². The number of amides is 1. The van der Waals surface area contributed by atoms with Gasteiger partial charge in [0.25, 0.3) is 5.91 Å². The Morgan fingerprint density at radius 2 is 2.20 bits per heavy atom. The zero-order chi connectivity index (χ0) is 4.28. The molecular formula is C2H2NOS. The standard InChI is InChI=1S/C2H2NOS/c3-2(4)1-5/h(H2,3,4). The first kappa shape index (κ1) is 4.56. The van der Waals surface area contributed by atoms with Gasteiger partial charge in [0, 0.05) is 0 Å². The van der Waals surface area contributed by atoms with E-state index >= 15 is 0 Å². The van der Waals surface area contributed by atoms with Crippen LogP contribution in [0.15, 0.2) is 0 Å². The van der Waals surface area contributed by atoms with Crippen LogP contribution in [0.4, 0.5) is 0 Å². The van der Waals surface area contributed by atoms with E-state index in [-0.39, 0.29) is 0 Å². The van der Waals surface area contributed by atoms with E-state index < -0.39 is 5.91 Å². The molecule has 0 aliphatic rings. The summed E-state index contributed by atoms with van der Waals surface area (Å²) in [5.74, 6) is -0.681. The van der Waals surface area contributed by atoms with Crippen LogP contribution >= 0.6 is 12.2 Å². The molecule has 0 bridgehead atoms. The number of nitrogens with two attached hydrogens (primary N) is 1. The number of hydrogen-bond acceptors (Lipinski definition) is 2. The minimum absolute atomic E-state index is 0.681. The van der Waals surface area contributed by atoms with Crippen molar-refractivity contribution in [2.75, 3.05) is 0 Å². The molecule has 0 aromatic heterocycles. The van der Waals surface area contributed by atoms with Gasteiger partial charge in [-0.05, 0) is 0 Å². The van der Waals surface area contributed by atoms with Crippen molar-refractivity contribution < 1.29 is 4.79 Å². The van der Waals surface area contributed by atoms with Gasteiger partial charge in [-0.2, -0.15) is 0 Å². The van der Waals surface area contributed by atoms with Gasteiger partial charge in [0.2, 0.25) is 0 Å². The molecule has 0 aliphatic carbocycles. The van der Waals surface area contributed by atoms with Crippen LogP contribution < -0.4 is 5.73 Å². The summed E-state index contributed by atoms with van der Waals surface area (Å²) < 4.78 is 0. The number of hydrogen-bond donors (Lipinski definition) is 1. The van der Waals surface area contributed by atoms with E-state index in [9.17, 15) is 4.79 Å². The predicted octanol–water partition coefficient (Wildman–Crippen LogP) is -0.652. The third-order valence-electron chi connectivity index (χ3n) is 0.101. The molecule has 0 heterocycles. The van der Waals surface area contributed by atoms with E-state index in [1.54, 1.807) is 5.37 Å². The van der Waals surface area contributed by atoms with Gasteiger partial charge in [0.1, 0.15) is 5.37 Å². The Hall–Kier alpha value is -0.440. The van der Waals surface area contributed by atoms with E-state index in [0.29, 0.717) is 0 Å². The fourth-order valence-electron chi connectivity index (χ4n) is 0. The van der Waals surface area contributed by atoms with Crippen LogP contribution in [0.2, 0.25) is 0 Å². The van der Waals surface area contributed by atoms with Crippen LogP contribution in [0.3, 0.4) is 0 Å². The molecule has 0 atom stereocenters. The predicted molar refractivity (Wildman–Crippen MR) is 21.8 cm³/mol. The van der Waals surface area contributed by atoms with Crippen molar-refractivity contribution in [3.63, 3.8) is 0 Å². The lowest BCUT2D eigenvalue weighted by Crippen LogP contribution is -2.09. The van der Waals surface area contributed by atoms with Crippen LogP contribution in [0.5, 0.6) is 0 Å². The summed E-state index contributed by atoms with van der Waals surface area (Å²) in [5.41, 5.74) is 4.44. The fraction of sp³-hybridized carbons (Fsp3) is 0.